The van der Waals surface area contributed by atoms with Crippen LogP contribution >= 0.6 is 11.8 Å². The van der Waals surface area contributed by atoms with Crippen molar-refractivity contribution in [2.24, 2.45) is 0 Å². The number of rotatable bonds is 1. The molecule has 0 aromatic carbocycles. The zero-order chi connectivity index (χ0) is 11.8. The molecule has 1 fully saturated rings. The highest BCUT2D eigenvalue weighted by Gasteiger charge is 2.37. The Hall–Kier alpha value is -1.24. The number of pyridine rings is 1. The first-order valence-corrected chi connectivity index (χ1v) is 5.46. The molecule has 0 bridgehead atoms. The Kier molecular flexibility index (Phi) is 2.79. The molecule has 7 heteroatoms. The molecule has 1 aliphatic heterocycles. The van der Waals surface area contributed by atoms with Gasteiger partial charge in [-0.05, 0) is 12.1 Å². The first-order chi connectivity index (χ1) is 7.48. The number of amides is 1. The van der Waals surface area contributed by atoms with Crippen molar-refractivity contribution in [1.82, 2.24) is 10.3 Å². The van der Waals surface area contributed by atoms with Gasteiger partial charge in [-0.15, -0.1) is 11.8 Å². The Morgan fingerprint density at radius 1 is 1.50 bits per heavy atom. The highest BCUT2D eigenvalue weighted by molar-refractivity contribution is 8.00. The molecule has 1 saturated heterocycles. The first kappa shape index (κ1) is 11.3. The maximum absolute atomic E-state index is 12.6. The SMILES string of the molecule is O=C1CSC(c2ncccc2C(F)(F)F)N1. The predicted octanol–water partition coefficient (Wildman–Crippen LogP) is 1.96. The second kappa shape index (κ2) is 3.97. The molecule has 1 atom stereocenters. The number of carbonyl (C=O) groups excluding carboxylic acids is 1. The number of thioether (sulfide) groups is 1. The van der Waals surface area contributed by atoms with Crippen LogP contribution in [0.1, 0.15) is 16.6 Å². The van der Waals surface area contributed by atoms with Gasteiger partial charge in [-0.3, -0.25) is 9.78 Å². The number of nitrogens with one attached hydrogen (secondary N) is 1. The lowest BCUT2D eigenvalue weighted by Gasteiger charge is -2.15. The van der Waals surface area contributed by atoms with Gasteiger partial charge in [0.1, 0.15) is 5.37 Å². The van der Waals surface area contributed by atoms with Gasteiger partial charge in [0.2, 0.25) is 5.91 Å². The van der Waals surface area contributed by atoms with Crippen LogP contribution in [0.2, 0.25) is 0 Å². The van der Waals surface area contributed by atoms with E-state index < -0.39 is 17.1 Å². The van der Waals surface area contributed by atoms with Crippen molar-refractivity contribution >= 4 is 17.7 Å². The van der Waals surface area contributed by atoms with Crippen molar-refractivity contribution in [3.63, 3.8) is 0 Å². The molecular weight excluding hydrogens is 241 g/mol. The lowest BCUT2D eigenvalue weighted by molar-refractivity contribution is -0.138. The Labute approximate surface area is 93.4 Å². The molecular formula is C9H7F3N2OS. The Morgan fingerprint density at radius 3 is 2.81 bits per heavy atom. The smallest absolute Gasteiger partial charge is 0.338 e. The molecule has 0 saturated carbocycles. The van der Waals surface area contributed by atoms with E-state index in [0.717, 1.165) is 17.8 Å². The summed E-state index contributed by atoms with van der Waals surface area (Å²) in [6.45, 7) is 0. The van der Waals surface area contributed by atoms with E-state index >= 15 is 0 Å². The van der Waals surface area contributed by atoms with Crippen LogP contribution in [-0.4, -0.2) is 16.6 Å². The van der Waals surface area contributed by atoms with Crippen molar-refractivity contribution < 1.29 is 18.0 Å². The third-order valence-corrected chi connectivity index (χ3v) is 3.17. The van der Waals surface area contributed by atoms with Gasteiger partial charge in [-0.25, -0.2) is 0 Å². The van der Waals surface area contributed by atoms with E-state index in [4.69, 9.17) is 0 Å². The molecule has 1 N–H and O–H groups in total. The number of halogens is 3. The molecule has 0 aliphatic carbocycles. The van der Waals surface area contributed by atoms with Crippen LogP contribution in [0.4, 0.5) is 13.2 Å². The van der Waals surface area contributed by atoms with Gasteiger partial charge in [0.05, 0.1) is 17.0 Å². The largest absolute Gasteiger partial charge is 0.418 e. The fourth-order valence-corrected chi connectivity index (χ4v) is 2.36. The quantitative estimate of drug-likeness (QED) is 0.826. The van der Waals surface area contributed by atoms with Gasteiger partial charge < -0.3 is 5.32 Å². The molecule has 1 aromatic heterocycles. The summed E-state index contributed by atoms with van der Waals surface area (Å²) in [5.41, 5.74) is -0.930. The van der Waals surface area contributed by atoms with E-state index in [-0.39, 0.29) is 17.4 Å². The van der Waals surface area contributed by atoms with Crippen molar-refractivity contribution in [1.29, 1.82) is 0 Å². The number of aromatic nitrogens is 1. The summed E-state index contributed by atoms with van der Waals surface area (Å²) >= 11 is 1.11. The van der Waals surface area contributed by atoms with E-state index in [9.17, 15) is 18.0 Å². The molecule has 2 rings (SSSR count). The molecule has 2 heterocycles. The summed E-state index contributed by atoms with van der Waals surface area (Å²) in [7, 11) is 0. The minimum absolute atomic E-state index is 0.133. The molecule has 1 amide bonds. The average molecular weight is 248 g/mol. The van der Waals surface area contributed by atoms with Crippen molar-refractivity contribution in [2.75, 3.05) is 5.75 Å². The molecule has 1 unspecified atom stereocenters. The Balaban J connectivity index is 2.37. The number of carbonyl (C=O) groups is 1. The summed E-state index contributed by atoms with van der Waals surface area (Å²) < 4.78 is 37.9. The van der Waals surface area contributed by atoms with Crippen molar-refractivity contribution in [3.05, 3.63) is 29.6 Å². The second-order valence-electron chi connectivity index (χ2n) is 3.19. The maximum Gasteiger partial charge on any atom is 0.418 e. The Morgan fingerprint density at radius 2 is 2.25 bits per heavy atom. The van der Waals surface area contributed by atoms with Gasteiger partial charge >= 0.3 is 6.18 Å². The van der Waals surface area contributed by atoms with E-state index in [0.29, 0.717) is 0 Å². The fraction of sp³-hybridized carbons (Fsp3) is 0.333. The average Bonchev–Trinajstić information content (AvgIpc) is 2.64. The zero-order valence-corrected chi connectivity index (χ0v) is 8.73. The Bertz CT molecular complexity index is 421. The fourth-order valence-electron chi connectivity index (χ4n) is 1.40. The second-order valence-corrected chi connectivity index (χ2v) is 4.29. The standard InChI is InChI=1S/C9H7F3N2OS/c10-9(11,12)5-2-1-3-13-7(5)8-14-6(15)4-16-8/h1-3,8H,4H2,(H,14,15). The molecule has 16 heavy (non-hydrogen) atoms. The summed E-state index contributed by atoms with van der Waals surface area (Å²) in [5.74, 6) is -0.104. The first-order valence-electron chi connectivity index (χ1n) is 4.41. The molecule has 1 aromatic rings. The van der Waals surface area contributed by atoms with Crippen LogP contribution in [0, 0.1) is 0 Å². The van der Waals surface area contributed by atoms with Crippen LogP contribution in [-0.2, 0) is 11.0 Å². The number of nitrogens with zero attached hydrogens (tertiary/aromatic N) is 1. The minimum Gasteiger partial charge on any atom is -0.338 e. The van der Waals surface area contributed by atoms with Crippen LogP contribution < -0.4 is 5.32 Å². The number of alkyl halides is 3. The summed E-state index contributed by atoms with van der Waals surface area (Å²) in [6, 6.07) is 2.20. The van der Waals surface area contributed by atoms with Gasteiger partial charge in [-0.2, -0.15) is 13.2 Å². The summed E-state index contributed by atoms with van der Waals surface area (Å²) in [6.07, 6.45) is -3.16. The van der Waals surface area contributed by atoms with E-state index in [1.165, 1.54) is 12.3 Å². The molecule has 0 radical (unpaired) electrons. The highest BCUT2D eigenvalue weighted by Crippen LogP contribution is 2.38. The lowest BCUT2D eigenvalue weighted by atomic mass is 10.2. The summed E-state index contributed by atoms with van der Waals surface area (Å²) in [5, 5.41) is 1.74. The monoisotopic (exact) mass is 248 g/mol. The van der Waals surface area contributed by atoms with Gasteiger partial charge in [0.25, 0.3) is 0 Å². The van der Waals surface area contributed by atoms with Crippen molar-refractivity contribution in [3.8, 4) is 0 Å². The van der Waals surface area contributed by atoms with E-state index in [1.807, 2.05) is 0 Å². The van der Waals surface area contributed by atoms with Gasteiger partial charge in [-0.1, -0.05) is 0 Å². The highest BCUT2D eigenvalue weighted by atomic mass is 32.2. The normalized spacial score (nSPS) is 20.9. The molecule has 86 valence electrons. The molecule has 0 spiro atoms. The zero-order valence-electron chi connectivity index (χ0n) is 7.91. The van der Waals surface area contributed by atoms with Crippen LogP contribution in [0.15, 0.2) is 18.3 Å². The lowest BCUT2D eigenvalue weighted by Crippen LogP contribution is -2.22. The topological polar surface area (TPSA) is 42.0 Å². The molecule has 1 aliphatic rings. The number of hydrogen-bond acceptors (Lipinski definition) is 3. The van der Waals surface area contributed by atoms with Crippen molar-refractivity contribution in [2.45, 2.75) is 11.6 Å². The van der Waals surface area contributed by atoms with Crippen LogP contribution in [0.3, 0.4) is 0 Å². The minimum atomic E-state index is -4.45. The van der Waals surface area contributed by atoms with Crippen LogP contribution in [0.25, 0.3) is 0 Å². The predicted molar refractivity (Wildman–Crippen MR) is 52.6 cm³/mol. The maximum atomic E-state index is 12.6. The van der Waals surface area contributed by atoms with Crippen LogP contribution in [0.5, 0.6) is 0 Å². The van der Waals surface area contributed by atoms with Gasteiger partial charge in [0, 0.05) is 6.20 Å². The third-order valence-electron chi connectivity index (χ3n) is 2.07. The van der Waals surface area contributed by atoms with E-state index in [2.05, 4.69) is 10.3 Å². The van der Waals surface area contributed by atoms with Gasteiger partial charge in [0.15, 0.2) is 0 Å². The number of hydrogen-bond donors (Lipinski definition) is 1. The summed E-state index contributed by atoms with van der Waals surface area (Å²) in [4.78, 5) is 14.7. The van der Waals surface area contributed by atoms with E-state index in [1.54, 1.807) is 0 Å². The third kappa shape index (κ3) is 2.13. The molecule has 3 nitrogen and oxygen atoms in total.